The molecule has 0 bridgehead atoms. The monoisotopic (exact) mass is 421 g/mol. The summed E-state index contributed by atoms with van der Waals surface area (Å²) in [5.74, 6) is 0. The molecule has 0 aliphatic rings. The van der Waals surface area contributed by atoms with Crippen LogP contribution in [0.4, 0.5) is 8.78 Å². The van der Waals surface area contributed by atoms with Crippen LogP contribution in [0.2, 0.25) is 0 Å². The third kappa shape index (κ3) is 4.46. The number of nitrogens with zero attached hydrogens (tertiary/aromatic N) is 4. The Labute approximate surface area is 164 Å². The molecule has 2 aromatic heterocycles. The first-order valence-electron chi connectivity index (χ1n) is 8.35. The maximum absolute atomic E-state index is 12.8. The van der Waals surface area contributed by atoms with Crippen molar-refractivity contribution in [2.24, 2.45) is 5.73 Å². The number of hydrogen-bond acceptors (Lipinski definition) is 6. The maximum atomic E-state index is 12.8. The quantitative estimate of drug-likeness (QED) is 0.647. The van der Waals surface area contributed by atoms with E-state index in [0.29, 0.717) is 16.9 Å². The molecule has 0 saturated heterocycles. The maximum Gasteiger partial charge on any atom is 0.350 e. The fourth-order valence-electron chi connectivity index (χ4n) is 2.60. The van der Waals surface area contributed by atoms with E-state index < -0.39 is 28.2 Å². The second-order valence-corrected chi connectivity index (χ2v) is 8.22. The van der Waals surface area contributed by atoms with Crippen LogP contribution in [-0.4, -0.2) is 40.5 Å². The van der Waals surface area contributed by atoms with Gasteiger partial charge in [0.25, 0.3) is 6.08 Å². The summed E-state index contributed by atoms with van der Waals surface area (Å²) >= 11 is 0. The van der Waals surface area contributed by atoms with Crippen molar-refractivity contribution in [1.29, 1.82) is 0 Å². The number of benzene rings is 1. The van der Waals surface area contributed by atoms with Crippen LogP contribution in [0.25, 0.3) is 16.9 Å². The van der Waals surface area contributed by atoms with Crippen molar-refractivity contribution in [1.82, 2.24) is 19.3 Å². The number of nitrogens with two attached hydrogens (primary N) is 1. The van der Waals surface area contributed by atoms with Crippen molar-refractivity contribution >= 4 is 9.84 Å². The van der Waals surface area contributed by atoms with Crippen LogP contribution in [0.15, 0.2) is 70.3 Å². The average Bonchev–Trinajstić information content (AvgIpc) is 3.05. The van der Waals surface area contributed by atoms with Crippen molar-refractivity contribution in [2.75, 3.05) is 12.8 Å². The lowest BCUT2D eigenvalue weighted by Crippen LogP contribution is -2.26. The van der Waals surface area contributed by atoms with Gasteiger partial charge in [0.1, 0.15) is 6.33 Å². The molecule has 0 radical (unpaired) electrons. The van der Waals surface area contributed by atoms with Crippen LogP contribution in [-0.2, 0) is 16.4 Å². The van der Waals surface area contributed by atoms with Crippen molar-refractivity contribution in [2.45, 2.75) is 11.4 Å². The second-order valence-electron chi connectivity index (χ2n) is 6.21. The molecule has 2 heterocycles. The highest BCUT2D eigenvalue weighted by Crippen LogP contribution is 2.21. The molecule has 0 spiro atoms. The predicted molar refractivity (Wildman–Crippen MR) is 102 cm³/mol. The first kappa shape index (κ1) is 20.6. The van der Waals surface area contributed by atoms with Crippen molar-refractivity contribution in [3.63, 3.8) is 0 Å². The minimum Gasteiger partial charge on any atom is -0.327 e. The van der Waals surface area contributed by atoms with Gasteiger partial charge in [-0.25, -0.2) is 22.5 Å². The number of rotatable bonds is 6. The Morgan fingerprint density at radius 3 is 2.45 bits per heavy atom. The SMILES string of the molecule is CS(=O)(=O)c1ccc(-c2cc(-n3cnn(CC(CN)=C(F)F)c3=O)ccn2)cc1. The first-order chi connectivity index (χ1) is 13.7. The molecule has 3 rings (SSSR count). The van der Waals surface area contributed by atoms with Gasteiger partial charge >= 0.3 is 5.69 Å². The minimum atomic E-state index is -3.32. The Balaban J connectivity index is 1.95. The normalized spacial score (nSPS) is 11.4. The van der Waals surface area contributed by atoms with E-state index in [1.165, 1.54) is 29.2 Å². The van der Waals surface area contributed by atoms with Gasteiger partial charge in [-0.2, -0.15) is 13.9 Å². The van der Waals surface area contributed by atoms with Gasteiger partial charge in [0.2, 0.25) is 0 Å². The molecule has 0 fully saturated rings. The summed E-state index contributed by atoms with van der Waals surface area (Å²) in [6, 6.07) is 9.33. The van der Waals surface area contributed by atoms with Crippen LogP contribution >= 0.6 is 0 Å². The molecule has 2 N–H and O–H groups in total. The van der Waals surface area contributed by atoms with Crippen molar-refractivity contribution < 1.29 is 17.2 Å². The molecule has 0 amide bonds. The molecule has 8 nitrogen and oxygen atoms in total. The van der Waals surface area contributed by atoms with E-state index >= 15 is 0 Å². The molecule has 29 heavy (non-hydrogen) atoms. The molecule has 0 saturated carbocycles. The van der Waals surface area contributed by atoms with E-state index in [2.05, 4.69) is 10.1 Å². The van der Waals surface area contributed by atoms with Gasteiger partial charge in [-0.1, -0.05) is 12.1 Å². The van der Waals surface area contributed by atoms with E-state index in [4.69, 9.17) is 5.73 Å². The third-order valence-corrected chi connectivity index (χ3v) is 5.32. The summed E-state index contributed by atoms with van der Waals surface area (Å²) in [7, 11) is -3.32. The molecule has 0 atom stereocenters. The predicted octanol–water partition coefficient (Wildman–Crippen LogP) is 1.61. The van der Waals surface area contributed by atoms with Crippen LogP contribution in [0, 0.1) is 0 Å². The van der Waals surface area contributed by atoms with Crippen molar-refractivity contribution in [3.05, 3.63) is 71.1 Å². The summed E-state index contributed by atoms with van der Waals surface area (Å²) < 4.78 is 50.8. The van der Waals surface area contributed by atoms with E-state index in [1.807, 2.05) is 0 Å². The fraction of sp³-hybridized carbons (Fsp3) is 0.167. The fourth-order valence-corrected chi connectivity index (χ4v) is 3.24. The second kappa shape index (κ2) is 8.05. The smallest absolute Gasteiger partial charge is 0.327 e. The highest BCUT2D eigenvalue weighted by atomic mass is 32.2. The molecule has 11 heteroatoms. The summed E-state index contributed by atoms with van der Waals surface area (Å²) in [5.41, 5.74) is 5.87. The Kier molecular flexibility index (Phi) is 5.71. The Hall–Kier alpha value is -3.18. The van der Waals surface area contributed by atoms with Gasteiger partial charge in [-0.3, -0.25) is 4.98 Å². The molecule has 0 unspecified atom stereocenters. The van der Waals surface area contributed by atoms with Crippen LogP contribution < -0.4 is 11.4 Å². The van der Waals surface area contributed by atoms with Crippen LogP contribution in [0.5, 0.6) is 0 Å². The highest BCUT2D eigenvalue weighted by Gasteiger charge is 2.13. The van der Waals surface area contributed by atoms with Crippen molar-refractivity contribution in [3.8, 4) is 16.9 Å². The lowest BCUT2D eigenvalue weighted by Gasteiger charge is -2.06. The van der Waals surface area contributed by atoms with Crippen LogP contribution in [0.3, 0.4) is 0 Å². The zero-order valence-electron chi connectivity index (χ0n) is 15.3. The molecule has 1 aromatic carbocycles. The Morgan fingerprint density at radius 2 is 1.86 bits per heavy atom. The average molecular weight is 421 g/mol. The van der Waals surface area contributed by atoms with E-state index in [1.54, 1.807) is 24.3 Å². The number of aromatic nitrogens is 4. The number of sulfone groups is 1. The molecular weight excluding hydrogens is 404 g/mol. The summed E-state index contributed by atoms with van der Waals surface area (Å²) in [6.07, 6.45) is 1.88. The number of hydrogen-bond donors (Lipinski definition) is 1. The molecule has 3 aromatic rings. The number of pyridine rings is 1. The van der Waals surface area contributed by atoms with Gasteiger partial charge in [-0.15, -0.1) is 0 Å². The largest absolute Gasteiger partial charge is 0.350 e. The van der Waals surface area contributed by atoms with E-state index in [-0.39, 0.29) is 17.0 Å². The standard InChI is InChI=1S/C18H17F2N5O3S/c1-29(27,28)15-4-2-12(3-5-15)16-8-14(6-7-22-16)24-11-23-25(18(24)26)10-13(9-21)17(19)20/h2-8,11H,9-10,21H2,1H3. The lowest BCUT2D eigenvalue weighted by atomic mass is 10.1. The third-order valence-electron chi connectivity index (χ3n) is 4.19. The van der Waals surface area contributed by atoms with Gasteiger partial charge < -0.3 is 5.73 Å². The molecule has 152 valence electrons. The van der Waals surface area contributed by atoms with E-state index in [9.17, 15) is 22.0 Å². The zero-order valence-corrected chi connectivity index (χ0v) is 16.1. The number of halogens is 2. The van der Waals surface area contributed by atoms with Gasteiger partial charge in [0, 0.05) is 30.1 Å². The van der Waals surface area contributed by atoms with Gasteiger partial charge in [-0.05, 0) is 24.3 Å². The first-order valence-corrected chi connectivity index (χ1v) is 10.2. The highest BCUT2D eigenvalue weighted by molar-refractivity contribution is 7.90. The summed E-state index contributed by atoms with van der Waals surface area (Å²) in [4.78, 5) is 16.9. The molecular formula is C18H17F2N5O3S. The van der Waals surface area contributed by atoms with Crippen LogP contribution in [0.1, 0.15) is 0 Å². The zero-order chi connectivity index (χ0) is 21.2. The topological polar surface area (TPSA) is 113 Å². The minimum absolute atomic E-state index is 0.179. The Morgan fingerprint density at radius 1 is 1.17 bits per heavy atom. The summed E-state index contributed by atoms with van der Waals surface area (Å²) in [6.45, 7) is -0.792. The molecule has 0 aliphatic heterocycles. The van der Waals surface area contributed by atoms with E-state index in [0.717, 1.165) is 10.9 Å². The Bertz CT molecular complexity index is 1230. The summed E-state index contributed by atoms with van der Waals surface area (Å²) in [5, 5.41) is 3.86. The lowest BCUT2D eigenvalue weighted by molar-refractivity contribution is 0.400. The van der Waals surface area contributed by atoms with Gasteiger partial charge in [0.15, 0.2) is 9.84 Å². The molecule has 0 aliphatic carbocycles. The van der Waals surface area contributed by atoms with Gasteiger partial charge in [0.05, 0.1) is 22.8 Å².